The fraction of sp³-hybridized carbons (Fsp3) is 0.533. The molecule has 4 nitrogen and oxygen atoms in total. The summed E-state index contributed by atoms with van der Waals surface area (Å²) in [6.45, 7) is 4.84. The van der Waals surface area contributed by atoms with Gasteiger partial charge in [0.15, 0.2) is 0 Å². The summed E-state index contributed by atoms with van der Waals surface area (Å²) in [4.78, 5) is 11.9. The Morgan fingerprint density at radius 3 is 2.80 bits per heavy atom. The maximum atomic E-state index is 11.9. The fourth-order valence-electron chi connectivity index (χ4n) is 2.08. The zero-order valence-corrected chi connectivity index (χ0v) is 13.7. The van der Waals surface area contributed by atoms with E-state index in [1.54, 1.807) is 0 Å². The summed E-state index contributed by atoms with van der Waals surface area (Å²) >= 11 is 3.41. The van der Waals surface area contributed by atoms with E-state index >= 15 is 0 Å². The summed E-state index contributed by atoms with van der Waals surface area (Å²) in [5, 5.41) is 14.7. The molecule has 0 aliphatic rings. The molecule has 20 heavy (non-hydrogen) atoms. The normalized spacial score (nSPS) is 12.0. The van der Waals surface area contributed by atoms with Crippen LogP contribution in [0.5, 0.6) is 0 Å². The molecule has 1 rings (SSSR count). The Hall–Kier alpha value is -1.07. The monoisotopic (exact) mass is 342 g/mol. The third kappa shape index (κ3) is 5.92. The van der Waals surface area contributed by atoms with Crippen LogP contribution in [0.25, 0.3) is 0 Å². The molecule has 0 aliphatic carbocycles. The van der Waals surface area contributed by atoms with Crippen molar-refractivity contribution in [3.63, 3.8) is 0 Å². The van der Waals surface area contributed by atoms with Crippen molar-refractivity contribution in [3.05, 3.63) is 28.2 Å². The highest BCUT2D eigenvalue weighted by atomic mass is 79.9. The van der Waals surface area contributed by atoms with E-state index in [1.165, 1.54) is 0 Å². The fourth-order valence-corrected chi connectivity index (χ4v) is 2.42. The number of carbonyl (C=O) groups is 1. The van der Waals surface area contributed by atoms with Gasteiger partial charge in [-0.1, -0.05) is 19.4 Å². The molecule has 0 radical (unpaired) electrons. The van der Waals surface area contributed by atoms with E-state index in [0.29, 0.717) is 12.5 Å². The van der Waals surface area contributed by atoms with Crippen molar-refractivity contribution in [1.82, 2.24) is 5.32 Å². The average molecular weight is 343 g/mol. The number of benzene rings is 1. The Kier molecular flexibility index (Phi) is 7.62. The molecule has 3 N–H and O–H groups in total. The molecule has 1 unspecified atom stereocenters. The van der Waals surface area contributed by atoms with E-state index in [9.17, 15) is 4.79 Å². The zero-order valence-electron chi connectivity index (χ0n) is 12.1. The molecule has 1 aromatic rings. The quantitative estimate of drug-likeness (QED) is 0.707. The van der Waals surface area contributed by atoms with Crippen LogP contribution >= 0.6 is 15.9 Å². The number of amides is 2. The van der Waals surface area contributed by atoms with Gasteiger partial charge in [0.1, 0.15) is 0 Å². The summed E-state index contributed by atoms with van der Waals surface area (Å²) in [5.74, 6) is 0.330. The number of halogens is 1. The minimum Gasteiger partial charge on any atom is -0.396 e. The van der Waals surface area contributed by atoms with Crippen LogP contribution in [-0.2, 0) is 0 Å². The highest BCUT2D eigenvalue weighted by molar-refractivity contribution is 9.10. The van der Waals surface area contributed by atoms with Gasteiger partial charge in [-0.3, -0.25) is 0 Å². The summed E-state index contributed by atoms with van der Waals surface area (Å²) < 4.78 is 0.860. The average Bonchev–Trinajstić information content (AvgIpc) is 2.41. The van der Waals surface area contributed by atoms with Crippen LogP contribution in [0.4, 0.5) is 10.5 Å². The summed E-state index contributed by atoms with van der Waals surface area (Å²) in [6, 6.07) is 5.60. The van der Waals surface area contributed by atoms with E-state index in [0.717, 1.165) is 35.0 Å². The number of aryl methyl sites for hydroxylation is 1. The van der Waals surface area contributed by atoms with E-state index < -0.39 is 0 Å². The molecule has 5 heteroatoms. The van der Waals surface area contributed by atoms with Gasteiger partial charge in [-0.05, 0) is 59.3 Å². The molecule has 0 bridgehead atoms. The van der Waals surface area contributed by atoms with Crippen molar-refractivity contribution < 1.29 is 9.90 Å². The van der Waals surface area contributed by atoms with Gasteiger partial charge in [0.05, 0.1) is 5.69 Å². The minimum atomic E-state index is -0.213. The first-order valence-electron chi connectivity index (χ1n) is 6.98. The van der Waals surface area contributed by atoms with Crippen molar-refractivity contribution >= 4 is 27.6 Å². The SMILES string of the molecule is CCCC(CCO)CNC(=O)Nc1cc(C)ccc1Br. The van der Waals surface area contributed by atoms with E-state index in [-0.39, 0.29) is 12.6 Å². The number of aliphatic hydroxyl groups excluding tert-OH is 1. The molecular weight excluding hydrogens is 320 g/mol. The lowest BCUT2D eigenvalue weighted by atomic mass is 10.0. The minimum absolute atomic E-state index is 0.164. The third-order valence-corrected chi connectivity index (χ3v) is 3.85. The Balaban J connectivity index is 2.48. The highest BCUT2D eigenvalue weighted by Crippen LogP contribution is 2.23. The number of nitrogens with one attached hydrogen (secondary N) is 2. The van der Waals surface area contributed by atoms with Crippen LogP contribution in [0.3, 0.4) is 0 Å². The smallest absolute Gasteiger partial charge is 0.319 e. The Morgan fingerprint density at radius 1 is 1.40 bits per heavy atom. The van der Waals surface area contributed by atoms with Crippen molar-refractivity contribution in [3.8, 4) is 0 Å². The molecule has 0 spiro atoms. The molecule has 0 fully saturated rings. The molecule has 112 valence electrons. The predicted octanol–water partition coefficient (Wildman–Crippen LogP) is 3.68. The van der Waals surface area contributed by atoms with Crippen molar-refractivity contribution in [1.29, 1.82) is 0 Å². The van der Waals surface area contributed by atoms with E-state index in [4.69, 9.17) is 5.11 Å². The lowest BCUT2D eigenvalue weighted by Gasteiger charge is -2.16. The molecule has 1 atom stereocenters. The molecule has 0 aliphatic heterocycles. The topological polar surface area (TPSA) is 61.4 Å². The number of aliphatic hydroxyl groups is 1. The Bertz CT molecular complexity index is 432. The summed E-state index contributed by atoms with van der Waals surface area (Å²) in [7, 11) is 0. The maximum absolute atomic E-state index is 11.9. The molecule has 0 saturated carbocycles. The van der Waals surface area contributed by atoms with E-state index in [1.807, 2.05) is 25.1 Å². The van der Waals surface area contributed by atoms with Crippen LogP contribution in [-0.4, -0.2) is 24.3 Å². The number of anilines is 1. The van der Waals surface area contributed by atoms with Crippen LogP contribution in [0, 0.1) is 12.8 Å². The number of rotatable bonds is 7. The number of hydrogen-bond donors (Lipinski definition) is 3. The van der Waals surface area contributed by atoms with Gasteiger partial charge in [0.2, 0.25) is 0 Å². The predicted molar refractivity (Wildman–Crippen MR) is 86.0 cm³/mol. The maximum Gasteiger partial charge on any atom is 0.319 e. The number of hydrogen-bond acceptors (Lipinski definition) is 2. The first-order valence-corrected chi connectivity index (χ1v) is 7.78. The first kappa shape index (κ1) is 17.0. The highest BCUT2D eigenvalue weighted by Gasteiger charge is 2.10. The standard InChI is InChI=1S/C15H23BrN2O2/c1-3-4-12(7-8-19)10-17-15(20)18-14-9-11(2)5-6-13(14)16/h5-6,9,12,19H,3-4,7-8,10H2,1-2H3,(H2,17,18,20). The van der Waals surface area contributed by atoms with Gasteiger partial charge in [0.25, 0.3) is 0 Å². The van der Waals surface area contributed by atoms with Crippen molar-refractivity contribution in [2.24, 2.45) is 5.92 Å². The van der Waals surface area contributed by atoms with Crippen molar-refractivity contribution in [2.45, 2.75) is 33.1 Å². The number of carbonyl (C=O) groups excluding carboxylic acids is 1. The van der Waals surface area contributed by atoms with Gasteiger partial charge < -0.3 is 15.7 Å². The zero-order chi connectivity index (χ0) is 15.0. The second-order valence-electron chi connectivity index (χ2n) is 4.99. The molecular formula is C15H23BrN2O2. The Morgan fingerprint density at radius 2 is 2.15 bits per heavy atom. The molecule has 0 saturated heterocycles. The van der Waals surface area contributed by atoms with Crippen LogP contribution < -0.4 is 10.6 Å². The van der Waals surface area contributed by atoms with Crippen LogP contribution in [0.2, 0.25) is 0 Å². The Labute approximate surface area is 129 Å². The van der Waals surface area contributed by atoms with Gasteiger partial charge in [-0.15, -0.1) is 0 Å². The van der Waals surface area contributed by atoms with Gasteiger partial charge in [-0.2, -0.15) is 0 Å². The van der Waals surface area contributed by atoms with Gasteiger partial charge in [-0.25, -0.2) is 4.79 Å². The van der Waals surface area contributed by atoms with Gasteiger partial charge in [0, 0.05) is 17.6 Å². The summed E-state index contributed by atoms with van der Waals surface area (Å²) in [6.07, 6.45) is 2.79. The molecule has 2 amide bonds. The lowest BCUT2D eigenvalue weighted by molar-refractivity contribution is 0.236. The van der Waals surface area contributed by atoms with Crippen LogP contribution in [0.1, 0.15) is 31.7 Å². The van der Waals surface area contributed by atoms with E-state index in [2.05, 4.69) is 33.5 Å². The second kappa shape index (κ2) is 8.97. The lowest BCUT2D eigenvalue weighted by Crippen LogP contribution is -2.33. The molecule has 0 heterocycles. The van der Waals surface area contributed by atoms with Crippen LogP contribution in [0.15, 0.2) is 22.7 Å². The molecule has 0 aromatic heterocycles. The largest absolute Gasteiger partial charge is 0.396 e. The first-order chi connectivity index (χ1) is 9.56. The summed E-state index contributed by atoms with van der Waals surface area (Å²) in [5.41, 5.74) is 1.85. The van der Waals surface area contributed by atoms with Crippen molar-refractivity contribution in [2.75, 3.05) is 18.5 Å². The number of urea groups is 1. The third-order valence-electron chi connectivity index (χ3n) is 3.16. The van der Waals surface area contributed by atoms with Gasteiger partial charge >= 0.3 is 6.03 Å². The second-order valence-corrected chi connectivity index (χ2v) is 5.84. The molecule has 1 aromatic carbocycles.